The zero-order valence-corrected chi connectivity index (χ0v) is 12.0. The molecule has 1 aromatic carbocycles. The highest BCUT2D eigenvalue weighted by molar-refractivity contribution is 5.47. The molecule has 0 fully saturated rings. The SMILES string of the molecule is CC(C)NCc1cncc(Oc2ccc3c(c2)OCO3)n1. The first-order valence-corrected chi connectivity index (χ1v) is 6.82. The lowest BCUT2D eigenvalue weighted by atomic mass is 10.3. The van der Waals surface area contributed by atoms with E-state index in [1.807, 2.05) is 12.1 Å². The second-order valence-electron chi connectivity index (χ2n) is 5.00. The average molecular weight is 287 g/mol. The number of aromatic nitrogens is 2. The van der Waals surface area contributed by atoms with Crippen LogP contribution in [0.1, 0.15) is 19.5 Å². The van der Waals surface area contributed by atoms with E-state index in [1.54, 1.807) is 18.5 Å². The molecule has 0 unspecified atom stereocenters. The molecule has 6 heteroatoms. The summed E-state index contributed by atoms with van der Waals surface area (Å²) >= 11 is 0. The van der Waals surface area contributed by atoms with Gasteiger partial charge in [0.25, 0.3) is 0 Å². The van der Waals surface area contributed by atoms with Crippen LogP contribution in [0.3, 0.4) is 0 Å². The summed E-state index contributed by atoms with van der Waals surface area (Å²) in [6.45, 7) is 5.07. The Morgan fingerprint density at radius 1 is 1.24 bits per heavy atom. The molecule has 21 heavy (non-hydrogen) atoms. The van der Waals surface area contributed by atoms with Crippen LogP contribution in [0, 0.1) is 0 Å². The smallest absolute Gasteiger partial charge is 0.238 e. The molecule has 6 nitrogen and oxygen atoms in total. The van der Waals surface area contributed by atoms with Gasteiger partial charge in [-0.05, 0) is 12.1 Å². The van der Waals surface area contributed by atoms with Crippen molar-refractivity contribution in [1.29, 1.82) is 0 Å². The number of fused-ring (bicyclic) bond motifs is 1. The van der Waals surface area contributed by atoms with Gasteiger partial charge in [0.15, 0.2) is 11.5 Å². The van der Waals surface area contributed by atoms with E-state index in [4.69, 9.17) is 14.2 Å². The normalized spacial score (nSPS) is 12.7. The highest BCUT2D eigenvalue weighted by Gasteiger charge is 2.14. The van der Waals surface area contributed by atoms with Crippen molar-refractivity contribution in [3.8, 4) is 23.1 Å². The molecular weight excluding hydrogens is 270 g/mol. The van der Waals surface area contributed by atoms with Crippen LogP contribution in [0.5, 0.6) is 23.1 Å². The largest absolute Gasteiger partial charge is 0.454 e. The van der Waals surface area contributed by atoms with Gasteiger partial charge >= 0.3 is 0 Å². The fourth-order valence-corrected chi connectivity index (χ4v) is 1.89. The molecule has 1 aromatic heterocycles. The quantitative estimate of drug-likeness (QED) is 0.911. The minimum atomic E-state index is 0.245. The van der Waals surface area contributed by atoms with Crippen molar-refractivity contribution in [3.05, 3.63) is 36.3 Å². The van der Waals surface area contributed by atoms with E-state index >= 15 is 0 Å². The molecule has 0 radical (unpaired) electrons. The third-order valence-corrected chi connectivity index (χ3v) is 2.92. The zero-order valence-electron chi connectivity index (χ0n) is 12.0. The van der Waals surface area contributed by atoms with Gasteiger partial charge in [0, 0.05) is 24.8 Å². The highest BCUT2D eigenvalue weighted by atomic mass is 16.7. The maximum Gasteiger partial charge on any atom is 0.238 e. The van der Waals surface area contributed by atoms with E-state index in [0.29, 0.717) is 30.0 Å². The van der Waals surface area contributed by atoms with Crippen molar-refractivity contribution in [3.63, 3.8) is 0 Å². The van der Waals surface area contributed by atoms with Crippen LogP contribution < -0.4 is 19.5 Å². The van der Waals surface area contributed by atoms with Crippen LogP contribution >= 0.6 is 0 Å². The van der Waals surface area contributed by atoms with Crippen molar-refractivity contribution in [1.82, 2.24) is 15.3 Å². The summed E-state index contributed by atoms with van der Waals surface area (Å²) in [6.07, 6.45) is 3.31. The maximum atomic E-state index is 5.71. The Balaban J connectivity index is 1.71. The monoisotopic (exact) mass is 287 g/mol. The van der Waals surface area contributed by atoms with Crippen LogP contribution in [-0.4, -0.2) is 22.8 Å². The highest BCUT2D eigenvalue weighted by Crippen LogP contribution is 2.36. The third kappa shape index (κ3) is 3.41. The van der Waals surface area contributed by atoms with Gasteiger partial charge in [-0.25, -0.2) is 4.98 Å². The van der Waals surface area contributed by atoms with E-state index in [9.17, 15) is 0 Å². The minimum absolute atomic E-state index is 0.245. The first kappa shape index (κ1) is 13.6. The van der Waals surface area contributed by atoms with Crippen LogP contribution in [0.2, 0.25) is 0 Å². The number of hydrogen-bond donors (Lipinski definition) is 1. The van der Waals surface area contributed by atoms with Gasteiger partial charge in [-0.15, -0.1) is 0 Å². The molecule has 0 saturated carbocycles. The van der Waals surface area contributed by atoms with Crippen molar-refractivity contribution in [2.75, 3.05) is 6.79 Å². The molecule has 0 atom stereocenters. The lowest BCUT2D eigenvalue weighted by Crippen LogP contribution is -2.22. The van der Waals surface area contributed by atoms with Crippen LogP contribution in [0.15, 0.2) is 30.6 Å². The molecule has 2 aromatic rings. The first-order valence-electron chi connectivity index (χ1n) is 6.82. The van der Waals surface area contributed by atoms with E-state index in [0.717, 1.165) is 11.4 Å². The Morgan fingerprint density at radius 2 is 2.10 bits per heavy atom. The second-order valence-corrected chi connectivity index (χ2v) is 5.00. The molecule has 0 bridgehead atoms. The molecule has 0 amide bonds. The van der Waals surface area contributed by atoms with Crippen molar-refractivity contribution in [2.45, 2.75) is 26.4 Å². The van der Waals surface area contributed by atoms with Crippen LogP contribution in [0.25, 0.3) is 0 Å². The summed E-state index contributed by atoms with van der Waals surface area (Å²) in [7, 11) is 0. The number of rotatable bonds is 5. The van der Waals surface area contributed by atoms with Gasteiger partial charge in [-0.1, -0.05) is 13.8 Å². The molecule has 1 N–H and O–H groups in total. The molecule has 110 valence electrons. The van der Waals surface area contributed by atoms with Gasteiger partial charge in [0.2, 0.25) is 12.7 Å². The number of ether oxygens (including phenoxy) is 3. The Morgan fingerprint density at radius 3 is 2.95 bits per heavy atom. The standard InChI is InChI=1S/C15H17N3O3/c1-10(2)17-7-11-6-16-8-15(18-11)21-12-3-4-13-14(5-12)20-9-19-13/h3-6,8,10,17H,7,9H2,1-2H3. The van der Waals surface area contributed by atoms with Gasteiger partial charge in [0.1, 0.15) is 5.75 Å². The molecule has 0 aliphatic carbocycles. The zero-order chi connectivity index (χ0) is 14.7. The van der Waals surface area contributed by atoms with Crippen LogP contribution in [-0.2, 0) is 6.54 Å². The predicted octanol–water partition coefficient (Wildman–Crippen LogP) is 2.50. The minimum Gasteiger partial charge on any atom is -0.454 e. The lowest BCUT2D eigenvalue weighted by Gasteiger charge is -2.09. The van der Waals surface area contributed by atoms with E-state index < -0.39 is 0 Å². The molecule has 0 saturated heterocycles. The Bertz CT molecular complexity index is 631. The van der Waals surface area contributed by atoms with Gasteiger partial charge in [-0.3, -0.25) is 4.98 Å². The summed E-state index contributed by atoms with van der Waals surface area (Å²) in [6, 6.07) is 5.80. The van der Waals surface area contributed by atoms with E-state index in [2.05, 4.69) is 29.1 Å². The summed E-state index contributed by atoms with van der Waals surface area (Å²) in [5.41, 5.74) is 0.835. The topological polar surface area (TPSA) is 65.5 Å². The Hall–Kier alpha value is -2.34. The van der Waals surface area contributed by atoms with Crippen molar-refractivity contribution < 1.29 is 14.2 Å². The van der Waals surface area contributed by atoms with Gasteiger partial charge in [-0.2, -0.15) is 0 Å². The molecule has 3 rings (SSSR count). The summed E-state index contributed by atoms with van der Waals surface area (Å²) in [5, 5.41) is 3.29. The molecular formula is C15H17N3O3. The van der Waals surface area contributed by atoms with Gasteiger partial charge < -0.3 is 19.5 Å². The van der Waals surface area contributed by atoms with Gasteiger partial charge in [0.05, 0.1) is 11.9 Å². The first-order chi connectivity index (χ1) is 10.2. The predicted molar refractivity (Wildman–Crippen MR) is 76.6 cm³/mol. The van der Waals surface area contributed by atoms with Crippen LogP contribution in [0.4, 0.5) is 0 Å². The fraction of sp³-hybridized carbons (Fsp3) is 0.333. The lowest BCUT2D eigenvalue weighted by molar-refractivity contribution is 0.174. The van der Waals surface area contributed by atoms with Crippen molar-refractivity contribution in [2.24, 2.45) is 0 Å². The molecule has 1 aliphatic heterocycles. The summed E-state index contributed by atoms with van der Waals surface area (Å²) < 4.78 is 16.3. The molecule has 1 aliphatic rings. The molecule has 2 heterocycles. The number of benzene rings is 1. The summed E-state index contributed by atoms with van der Waals surface area (Å²) in [4.78, 5) is 8.56. The fourth-order valence-electron chi connectivity index (χ4n) is 1.89. The van der Waals surface area contributed by atoms with E-state index in [1.165, 1.54) is 0 Å². The Kier molecular flexibility index (Phi) is 3.87. The number of nitrogens with zero attached hydrogens (tertiary/aromatic N) is 2. The second kappa shape index (κ2) is 5.97. The maximum absolute atomic E-state index is 5.71. The third-order valence-electron chi connectivity index (χ3n) is 2.92. The average Bonchev–Trinajstić information content (AvgIpc) is 2.93. The molecule has 0 spiro atoms. The number of hydrogen-bond acceptors (Lipinski definition) is 6. The van der Waals surface area contributed by atoms with E-state index in [-0.39, 0.29) is 6.79 Å². The summed E-state index contributed by atoms with van der Waals surface area (Å²) in [5.74, 6) is 2.50. The van der Waals surface area contributed by atoms with Crippen molar-refractivity contribution >= 4 is 0 Å². The Labute approximate surface area is 123 Å². The number of nitrogens with one attached hydrogen (secondary N) is 1.